The van der Waals surface area contributed by atoms with Gasteiger partial charge in [0.2, 0.25) is 0 Å². The molecule has 3 rings (SSSR count). The molecule has 1 saturated heterocycles. The molecule has 1 aliphatic heterocycles. The number of urea groups is 1. The van der Waals surface area contributed by atoms with Gasteiger partial charge >= 0.3 is 6.03 Å². The SMILES string of the molecule is COc1ccc(Cl)cc1CN1CCN(C(=O)Nc2cccc(C)c2)CC1. The largest absolute Gasteiger partial charge is 0.496 e. The maximum atomic E-state index is 12.4. The number of rotatable bonds is 4. The maximum absolute atomic E-state index is 12.4. The molecule has 0 saturated carbocycles. The third-order valence-electron chi connectivity index (χ3n) is 4.57. The number of ether oxygens (including phenoxy) is 1. The van der Waals surface area contributed by atoms with E-state index >= 15 is 0 Å². The first-order valence-electron chi connectivity index (χ1n) is 8.72. The van der Waals surface area contributed by atoms with Crippen LogP contribution in [-0.4, -0.2) is 49.1 Å². The first-order valence-corrected chi connectivity index (χ1v) is 9.10. The first-order chi connectivity index (χ1) is 12.5. The van der Waals surface area contributed by atoms with Crippen LogP contribution in [0.3, 0.4) is 0 Å². The predicted octanol–water partition coefficient (Wildman–Crippen LogP) is 4.01. The van der Waals surface area contributed by atoms with Crippen molar-refractivity contribution in [3.05, 3.63) is 58.6 Å². The van der Waals surface area contributed by atoms with Crippen molar-refractivity contribution in [1.82, 2.24) is 9.80 Å². The summed E-state index contributed by atoms with van der Waals surface area (Å²) in [4.78, 5) is 16.6. The molecule has 1 aliphatic rings. The van der Waals surface area contributed by atoms with Crippen LogP contribution in [0.1, 0.15) is 11.1 Å². The van der Waals surface area contributed by atoms with Crippen LogP contribution in [0.5, 0.6) is 5.75 Å². The lowest BCUT2D eigenvalue weighted by atomic mass is 10.1. The number of nitrogens with one attached hydrogen (secondary N) is 1. The van der Waals surface area contributed by atoms with Gasteiger partial charge in [-0.3, -0.25) is 4.90 Å². The number of benzene rings is 2. The number of halogens is 1. The number of methoxy groups -OCH3 is 1. The van der Waals surface area contributed by atoms with Gasteiger partial charge in [-0.1, -0.05) is 23.7 Å². The van der Waals surface area contributed by atoms with Crippen molar-refractivity contribution in [2.24, 2.45) is 0 Å². The maximum Gasteiger partial charge on any atom is 0.321 e. The smallest absolute Gasteiger partial charge is 0.321 e. The van der Waals surface area contributed by atoms with Crippen LogP contribution in [0, 0.1) is 6.92 Å². The zero-order valence-corrected chi connectivity index (χ0v) is 15.9. The fourth-order valence-corrected chi connectivity index (χ4v) is 3.34. The summed E-state index contributed by atoms with van der Waals surface area (Å²) in [5.41, 5.74) is 3.03. The second-order valence-electron chi connectivity index (χ2n) is 6.52. The Labute approximate surface area is 159 Å². The minimum Gasteiger partial charge on any atom is -0.496 e. The van der Waals surface area contributed by atoms with Crippen LogP contribution in [-0.2, 0) is 6.54 Å². The van der Waals surface area contributed by atoms with Crippen LogP contribution >= 0.6 is 11.6 Å². The topological polar surface area (TPSA) is 44.8 Å². The van der Waals surface area contributed by atoms with Gasteiger partial charge in [-0.05, 0) is 42.8 Å². The average molecular weight is 374 g/mol. The van der Waals surface area contributed by atoms with E-state index in [2.05, 4.69) is 10.2 Å². The highest BCUT2D eigenvalue weighted by Gasteiger charge is 2.22. The van der Waals surface area contributed by atoms with E-state index in [-0.39, 0.29) is 6.03 Å². The summed E-state index contributed by atoms with van der Waals surface area (Å²) in [5, 5.41) is 3.68. The molecule has 138 valence electrons. The number of hydrogen-bond donors (Lipinski definition) is 1. The zero-order chi connectivity index (χ0) is 18.5. The minimum atomic E-state index is -0.0458. The number of hydrogen-bond acceptors (Lipinski definition) is 3. The molecule has 2 aromatic carbocycles. The third-order valence-corrected chi connectivity index (χ3v) is 4.80. The number of nitrogens with zero attached hydrogens (tertiary/aromatic N) is 2. The Hall–Kier alpha value is -2.24. The molecular weight excluding hydrogens is 350 g/mol. The molecule has 0 atom stereocenters. The second-order valence-corrected chi connectivity index (χ2v) is 6.96. The Kier molecular flexibility index (Phi) is 6.01. The van der Waals surface area contributed by atoms with E-state index in [0.29, 0.717) is 18.1 Å². The summed E-state index contributed by atoms with van der Waals surface area (Å²) in [6.07, 6.45) is 0. The summed E-state index contributed by atoms with van der Waals surface area (Å²) >= 11 is 6.11. The van der Waals surface area contributed by atoms with Gasteiger partial charge in [0.1, 0.15) is 5.75 Å². The number of anilines is 1. The van der Waals surface area contributed by atoms with E-state index in [1.165, 1.54) is 0 Å². The van der Waals surface area contributed by atoms with Gasteiger partial charge in [-0.2, -0.15) is 0 Å². The number of piperazine rings is 1. The normalized spacial score (nSPS) is 15.0. The van der Waals surface area contributed by atoms with E-state index in [9.17, 15) is 4.79 Å². The molecule has 6 heteroatoms. The Morgan fingerprint density at radius 1 is 1.15 bits per heavy atom. The molecular formula is C20H24ClN3O2. The van der Waals surface area contributed by atoms with Gasteiger partial charge < -0.3 is 15.0 Å². The molecule has 5 nitrogen and oxygen atoms in total. The highest BCUT2D eigenvalue weighted by Crippen LogP contribution is 2.24. The van der Waals surface area contributed by atoms with E-state index in [1.807, 2.05) is 54.3 Å². The van der Waals surface area contributed by atoms with Crippen molar-refractivity contribution in [1.29, 1.82) is 0 Å². The summed E-state index contributed by atoms with van der Waals surface area (Å²) in [6.45, 7) is 5.80. The van der Waals surface area contributed by atoms with Gasteiger partial charge in [-0.15, -0.1) is 0 Å². The molecule has 2 aromatic rings. The predicted molar refractivity (Wildman–Crippen MR) is 105 cm³/mol. The quantitative estimate of drug-likeness (QED) is 0.880. The minimum absolute atomic E-state index is 0.0458. The molecule has 0 aliphatic carbocycles. The monoisotopic (exact) mass is 373 g/mol. The van der Waals surface area contributed by atoms with E-state index < -0.39 is 0 Å². The summed E-state index contributed by atoms with van der Waals surface area (Å²) in [5.74, 6) is 0.842. The molecule has 0 bridgehead atoms. The van der Waals surface area contributed by atoms with Crippen LogP contribution in [0.4, 0.5) is 10.5 Å². The van der Waals surface area contributed by atoms with Crippen LogP contribution in [0.15, 0.2) is 42.5 Å². The lowest BCUT2D eigenvalue weighted by Gasteiger charge is -2.35. The van der Waals surface area contributed by atoms with E-state index in [4.69, 9.17) is 16.3 Å². The molecule has 2 amide bonds. The van der Waals surface area contributed by atoms with Crippen LogP contribution in [0.2, 0.25) is 5.02 Å². The summed E-state index contributed by atoms with van der Waals surface area (Å²) in [6, 6.07) is 13.5. The van der Waals surface area contributed by atoms with Crippen molar-refractivity contribution in [3.8, 4) is 5.75 Å². The highest BCUT2D eigenvalue weighted by molar-refractivity contribution is 6.30. The number of aryl methyl sites for hydroxylation is 1. The highest BCUT2D eigenvalue weighted by atomic mass is 35.5. The summed E-state index contributed by atoms with van der Waals surface area (Å²) in [7, 11) is 1.67. The van der Waals surface area contributed by atoms with Gasteiger partial charge in [0, 0.05) is 49.0 Å². The molecule has 26 heavy (non-hydrogen) atoms. The molecule has 1 heterocycles. The molecule has 0 spiro atoms. The Morgan fingerprint density at radius 2 is 1.92 bits per heavy atom. The van der Waals surface area contributed by atoms with Crippen molar-refractivity contribution < 1.29 is 9.53 Å². The fourth-order valence-electron chi connectivity index (χ4n) is 3.15. The molecule has 1 N–H and O–H groups in total. The molecule has 1 fully saturated rings. The number of carbonyl (C=O) groups excluding carboxylic acids is 1. The lowest BCUT2D eigenvalue weighted by Crippen LogP contribution is -2.49. The van der Waals surface area contributed by atoms with Gasteiger partial charge in [0.05, 0.1) is 7.11 Å². The average Bonchev–Trinajstić information content (AvgIpc) is 2.62. The van der Waals surface area contributed by atoms with Gasteiger partial charge in [0.15, 0.2) is 0 Å². The molecule has 0 radical (unpaired) electrons. The van der Waals surface area contributed by atoms with Crippen LogP contribution in [0.25, 0.3) is 0 Å². The van der Waals surface area contributed by atoms with Crippen molar-refractivity contribution in [2.75, 3.05) is 38.6 Å². The van der Waals surface area contributed by atoms with Crippen molar-refractivity contribution in [3.63, 3.8) is 0 Å². The van der Waals surface area contributed by atoms with Crippen molar-refractivity contribution in [2.45, 2.75) is 13.5 Å². The Balaban J connectivity index is 1.54. The Bertz CT molecular complexity index is 773. The van der Waals surface area contributed by atoms with Gasteiger partial charge in [0.25, 0.3) is 0 Å². The second kappa shape index (κ2) is 8.43. The van der Waals surface area contributed by atoms with E-state index in [1.54, 1.807) is 7.11 Å². The fraction of sp³-hybridized carbons (Fsp3) is 0.350. The summed E-state index contributed by atoms with van der Waals surface area (Å²) < 4.78 is 5.42. The van der Waals surface area contributed by atoms with Gasteiger partial charge in [-0.25, -0.2) is 4.79 Å². The molecule has 0 unspecified atom stereocenters. The van der Waals surface area contributed by atoms with Crippen molar-refractivity contribution >= 4 is 23.3 Å². The third kappa shape index (κ3) is 4.68. The van der Waals surface area contributed by atoms with E-state index in [0.717, 1.165) is 42.2 Å². The standard InChI is InChI=1S/C20H24ClN3O2/c1-15-4-3-5-18(12-15)22-20(25)24-10-8-23(9-11-24)14-16-13-17(21)6-7-19(16)26-2/h3-7,12-13H,8-11,14H2,1-2H3,(H,22,25). The number of carbonyl (C=O) groups is 1. The first kappa shape index (κ1) is 18.5. The zero-order valence-electron chi connectivity index (χ0n) is 15.2. The van der Waals surface area contributed by atoms with Crippen LogP contribution < -0.4 is 10.1 Å². The number of amides is 2. The Morgan fingerprint density at radius 3 is 2.62 bits per heavy atom. The molecule has 0 aromatic heterocycles. The lowest BCUT2D eigenvalue weighted by molar-refractivity contribution is 0.142.